The maximum absolute atomic E-state index is 13.2. The van der Waals surface area contributed by atoms with E-state index in [0.29, 0.717) is 17.1 Å². The minimum Gasteiger partial charge on any atom is -0.271 e. The fourth-order valence-corrected chi connectivity index (χ4v) is 5.31. The van der Waals surface area contributed by atoms with Gasteiger partial charge in [-0.15, -0.1) is 11.3 Å². The van der Waals surface area contributed by atoms with Crippen molar-refractivity contribution in [3.8, 4) is 0 Å². The molecule has 0 bridgehead atoms. The first-order valence-electron chi connectivity index (χ1n) is 9.32. The second-order valence-corrected chi connectivity index (χ2v) is 9.46. The number of nitrogens with one attached hydrogen (secondary N) is 1. The molecule has 1 aliphatic carbocycles. The lowest BCUT2D eigenvalue weighted by atomic mass is 9.89. The lowest BCUT2D eigenvalue weighted by molar-refractivity contribution is -0.120. The number of thiophene rings is 1. The van der Waals surface area contributed by atoms with Gasteiger partial charge in [-0.1, -0.05) is 6.92 Å². The molecule has 28 heavy (non-hydrogen) atoms. The number of aryl methyl sites for hydroxylation is 3. The highest BCUT2D eigenvalue weighted by Gasteiger charge is 2.25. The van der Waals surface area contributed by atoms with Gasteiger partial charge in [-0.05, 0) is 67.4 Å². The van der Waals surface area contributed by atoms with E-state index < -0.39 is 6.04 Å². The van der Waals surface area contributed by atoms with Crippen molar-refractivity contribution < 1.29 is 4.79 Å². The Morgan fingerprint density at radius 2 is 2.18 bits per heavy atom. The predicted molar refractivity (Wildman–Crippen MR) is 114 cm³/mol. The molecule has 0 spiro atoms. The Kier molecular flexibility index (Phi) is 4.91. The zero-order valence-corrected chi connectivity index (χ0v) is 18.6. The molecule has 9 heteroatoms. The molecule has 0 fully saturated rings. The molecule has 148 valence electrons. The van der Waals surface area contributed by atoms with Crippen LogP contribution in [0.25, 0.3) is 10.2 Å². The van der Waals surface area contributed by atoms with Crippen molar-refractivity contribution >= 4 is 43.4 Å². The number of carbonyl (C=O) groups excluding carboxylic acids is 1. The maximum Gasteiger partial charge on any atom is 0.281 e. The number of fused-ring (bicyclic) bond motifs is 3. The van der Waals surface area contributed by atoms with Gasteiger partial charge in [0.15, 0.2) is 0 Å². The van der Waals surface area contributed by atoms with Gasteiger partial charge in [0.1, 0.15) is 16.7 Å². The van der Waals surface area contributed by atoms with E-state index in [1.54, 1.807) is 36.1 Å². The summed E-state index contributed by atoms with van der Waals surface area (Å²) < 4.78 is 3.69. The van der Waals surface area contributed by atoms with Gasteiger partial charge in [0.05, 0.1) is 15.6 Å². The maximum atomic E-state index is 13.2. The van der Waals surface area contributed by atoms with Crippen LogP contribution in [0.1, 0.15) is 48.3 Å². The van der Waals surface area contributed by atoms with Crippen LogP contribution in [0.4, 0.5) is 0 Å². The van der Waals surface area contributed by atoms with Gasteiger partial charge in [-0.25, -0.2) is 9.66 Å². The summed E-state index contributed by atoms with van der Waals surface area (Å²) in [7, 11) is 0. The van der Waals surface area contributed by atoms with Gasteiger partial charge in [0.2, 0.25) is 0 Å². The molecule has 0 saturated carbocycles. The SMILES string of the molecule is Cc1nn([C@H](C)C(=O)Nn2c(C)nc3sc4c(c3c2=O)CC[C@H](C)C4)cc1Br. The van der Waals surface area contributed by atoms with E-state index in [1.165, 1.54) is 9.55 Å². The minimum atomic E-state index is -0.566. The van der Waals surface area contributed by atoms with Crippen LogP contribution in [-0.4, -0.2) is 25.3 Å². The van der Waals surface area contributed by atoms with Crippen LogP contribution in [0.5, 0.6) is 0 Å². The molecule has 1 N–H and O–H groups in total. The third-order valence-corrected chi connectivity index (χ3v) is 7.28. The average Bonchev–Trinajstić information content (AvgIpc) is 3.16. The fourth-order valence-electron chi connectivity index (χ4n) is 3.60. The normalized spacial score (nSPS) is 17.5. The van der Waals surface area contributed by atoms with Crippen LogP contribution in [0.3, 0.4) is 0 Å². The zero-order valence-electron chi connectivity index (χ0n) is 16.2. The Hall–Kier alpha value is -2.00. The topological polar surface area (TPSA) is 81.8 Å². The van der Waals surface area contributed by atoms with Crippen molar-refractivity contribution in [2.24, 2.45) is 5.92 Å². The van der Waals surface area contributed by atoms with Crippen molar-refractivity contribution in [3.63, 3.8) is 0 Å². The first-order chi connectivity index (χ1) is 13.3. The number of aromatic nitrogens is 4. The lowest BCUT2D eigenvalue weighted by Gasteiger charge is -2.18. The van der Waals surface area contributed by atoms with Crippen LogP contribution in [0, 0.1) is 19.8 Å². The van der Waals surface area contributed by atoms with Crippen molar-refractivity contribution in [2.75, 3.05) is 5.43 Å². The van der Waals surface area contributed by atoms with Crippen molar-refractivity contribution in [1.29, 1.82) is 0 Å². The summed E-state index contributed by atoms with van der Waals surface area (Å²) in [5.74, 6) is 0.780. The van der Waals surface area contributed by atoms with Gasteiger partial charge in [0, 0.05) is 11.1 Å². The Labute approximate surface area is 174 Å². The van der Waals surface area contributed by atoms with Crippen molar-refractivity contribution in [2.45, 2.75) is 53.0 Å². The average molecular weight is 464 g/mol. The highest BCUT2D eigenvalue weighted by atomic mass is 79.9. The first-order valence-corrected chi connectivity index (χ1v) is 10.9. The number of halogens is 1. The van der Waals surface area contributed by atoms with Crippen LogP contribution in [0.15, 0.2) is 15.5 Å². The first kappa shape index (κ1) is 19.3. The molecule has 0 aromatic carbocycles. The zero-order chi connectivity index (χ0) is 20.2. The van der Waals surface area contributed by atoms with E-state index in [2.05, 4.69) is 38.4 Å². The molecule has 0 radical (unpaired) electrons. The smallest absolute Gasteiger partial charge is 0.271 e. The van der Waals surface area contributed by atoms with Gasteiger partial charge in [-0.2, -0.15) is 5.10 Å². The quantitative estimate of drug-likeness (QED) is 0.644. The predicted octanol–water partition coefficient (Wildman–Crippen LogP) is 3.49. The third-order valence-electron chi connectivity index (χ3n) is 5.35. The summed E-state index contributed by atoms with van der Waals surface area (Å²) in [6.07, 6.45) is 4.71. The Bertz CT molecular complexity index is 1130. The monoisotopic (exact) mass is 463 g/mol. The molecule has 0 aliphatic heterocycles. The van der Waals surface area contributed by atoms with Gasteiger partial charge < -0.3 is 0 Å². The number of rotatable bonds is 3. The van der Waals surface area contributed by atoms with E-state index in [1.807, 2.05) is 6.92 Å². The summed E-state index contributed by atoms with van der Waals surface area (Å²) in [6, 6.07) is -0.566. The number of carbonyl (C=O) groups is 1. The van der Waals surface area contributed by atoms with Gasteiger partial charge in [0.25, 0.3) is 11.5 Å². The van der Waals surface area contributed by atoms with Crippen LogP contribution < -0.4 is 11.0 Å². The highest BCUT2D eigenvalue weighted by molar-refractivity contribution is 9.10. The highest BCUT2D eigenvalue weighted by Crippen LogP contribution is 2.35. The fraction of sp³-hybridized carbons (Fsp3) is 0.474. The van der Waals surface area contributed by atoms with E-state index in [0.717, 1.165) is 39.8 Å². The van der Waals surface area contributed by atoms with Crippen molar-refractivity contribution in [3.05, 3.63) is 43.0 Å². The van der Waals surface area contributed by atoms with Gasteiger partial charge in [-0.3, -0.25) is 19.7 Å². The second-order valence-electron chi connectivity index (χ2n) is 7.53. The van der Waals surface area contributed by atoms with Crippen LogP contribution in [-0.2, 0) is 17.6 Å². The molecule has 7 nitrogen and oxygen atoms in total. The molecule has 1 amide bonds. The standard InChI is InChI=1S/C19H22BrN5O2S/c1-9-5-6-13-15(7-9)28-18-16(13)19(27)25(12(4)21-18)23-17(26)11(3)24-8-14(20)10(2)22-24/h8-9,11H,5-7H2,1-4H3,(H,23,26)/t9-,11+/m0/s1. The molecule has 0 unspecified atom stereocenters. The molecule has 4 rings (SSSR count). The number of amides is 1. The summed E-state index contributed by atoms with van der Waals surface area (Å²) in [4.78, 5) is 32.6. The summed E-state index contributed by atoms with van der Waals surface area (Å²) >= 11 is 5.02. The molecule has 3 heterocycles. The van der Waals surface area contributed by atoms with Crippen molar-refractivity contribution in [1.82, 2.24) is 19.4 Å². The molecule has 1 aliphatic rings. The van der Waals surface area contributed by atoms with E-state index >= 15 is 0 Å². The molecule has 2 atom stereocenters. The lowest BCUT2D eigenvalue weighted by Crippen LogP contribution is -2.38. The number of nitrogens with zero attached hydrogens (tertiary/aromatic N) is 4. The molecular formula is C19H22BrN5O2S. The molecule has 0 saturated heterocycles. The van der Waals surface area contributed by atoms with E-state index in [-0.39, 0.29) is 11.5 Å². The van der Waals surface area contributed by atoms with Gasteiger partial charge >= 0.3 is 0 Å². The summed E-state index contributed by atoms with van der Waals surface area (Å²) in [5.41, 5.74) is 4.44. The second kappa shape index (κ2) is 7.11. The van der Waals surface area contributed by atoms with E-state index in [4.69, 9.17) is 0 Å². The van der Waals surface area contributed by atoms with Crippen LogP contribution >= 0.6 is 27.3 Å². The number of hydrogen-bond acceptors (Lipinski definition) is 5. The number of hydrogen-bond donors (Lipinski definition) is 1. The Morgan fingerprint density at radius 1 is 1.43 bits per heavy atom. The molecule has 3 aromatic heterocycles. The summed E-state index contributed by atoms with van der Waals surface area (Å²) in [5, 5.41) is 4.99. The van der Waals surface area contributed by atoms with Crippen LogP contribution in [0.2, 0.25) is 0 Å². The minimum absolute atomic E-state index is 0.201. The molecular weight excluding hydrogens is 442 g/mol. The third kappa shape index (κ3) is 3.20. The Balaban J connectivity index is 1.70. The molecule has 3 aromatic rings. The summed E-state index contributed by atoms with van der Waals surface area (Å²) in [6.45, 7) is 7.58. The van der Waals surface area contributed by atoms with E-state index in [9.17, 15) is 9.59 Å². The largest absolute Gasteiger partial charge is 0.281 e. The Morgan fingerprint density at radius 3 is 2.86 bits per heavy atom.